The zero-order valence-electron chi connectivity index (χ0n) is 9.01. The molecule has 0 saturated heterocycles. The standard InChI is InChI=1S/C8H16N2O4S2/c1-2-9-4-6-16(13,14)10-8-3-5-15(11,12)7-8/h3,5,8-10H,2,4,6-7H2,1H3. The van der Waals surface area contributed by atoms with E-state index in [2.05, 4.69) is 10.0 Å². The van der Waals surface area contributed by atoms with Crippen molar-refractivity contribution in [3.63, 3.8) is 0 Å². The molecular formula is C8H16N2O4S2. The molecule has 0 bridgehead atoms. The molecule has 1 heterocycles. The second-order valence-corrected chi connectivity index (χ2v) is 7.36. The fourth-order valence-corrected chi connectivity index (χ4v) is 3.82. The van der Waals surface area contributed by atoms with Crippen LogP contribution in [0, 0.1) is 0 Å². The average molecular weight is 268 g/mol. The molecule has 0 aromatic heterocycles. The van der Waals surface area contributed by atoms with Gasteiger partial charge in [-0.3, -0.25) is 0 Å². The smallest absolute Gasteiger partial charge is 0.213 e. The maximum Gasteiger partial charge on any atom is 0.213 e. The van der Waals surface area contributed by atoms with Crippen molar-refractivity contribution in [2.45, 2.75) is 13.0 Å². The van der Waals surface area contributed by atoms with E-state index in [1.54, 1.807) is 0 Å². The summed E-state index contributed by atoms with van der Waals surface area (Å²) in [6.07, 6.45) is 1.36. The Bertz CT molecular complexity index is 452. The van der Waals surface area contributed by atoms with Crippen molar-refractivity contribution in [3.8, 4) is 0 Å². The van der Waals surface area contributed by atoms with E-state index in [1.165, 1.54) is 6.08 Å². The monoisotopic (exact) mass is 268 g/mol. The van der Waals surface area contributed by atoms with Gasteiger partial charge in [0.05, 0.1) is 17.5 Å². The molecule has 1 unspecified atom stereocenters. The van der Waals surface area contributed by atoms with Gasteiger partial charge in [0, 0.05) is 12.0 Å². The van der Waals surface area contributed by atoms with Gasteiger partial charge in [-0.1, -0.05) is 13.0 Å². The molecule has 0 aromatic rings. The van der Waals surface area contributed by atoms with Crippen molar-refractivity contribution < 1.29 is 16.8 Å². The molecule has 0 spiro atoms. The van der Waals surface area contributed by atoms with Gasteiger partial charge in [0.25, 0.3) is 0 Å². The van der Waals surface area contributed by atoms with Gasteiger partial charge in [-0.05, 0) is 6.54 Å². The first-order chi connectivity index (χ1) is 7.35. The molecule has 8 heteroatoms. The predicted octanol–water partition coefficient (Wildman–Crippen LogP) is -1.17. The van der Waals surface area contributed by atoms with Crippen LogP contribution < -0.4 is 10.0 Å². The SMILES string of the molecule is CCNCCS(=O)(=O)NC1C=CS(=O)(=O)C1. The summed E-state index contributed by atoms with van der Waals surface area (Å²) >= 11 is 0. The lowest BCUT2D eigenvalue weighted by atomic mass is 10.4. The molecule has 1 rings (SSSR count). The molecule has 2 N–H and O–H groups in total. The largest absolute Gasteiger partial charge is 0.316 e. The highest BCUT2D eigenvalue weighted by Gasteiger charge is 2.25. The van der Waals surface area contributed by atoms with E-state index in [1.807, 2.05) is 6.92 Å². The Kier molecular flexibility index (Phi) is 4.48. The number of sulfone groups is 1. The third-order valence-corrected chi connectivity index (χ3v) is 4.86. The van der Waals surface area contributed by atoms with Gasteiger partial charge in [-0.2, -0.15) is 0 Å². The Balaban J connectivity index is 2.46. The lowest BCUT2D eigenvalue weighted by Crippen LogP contribution is -2.39. The second kappa shape index (κ2) is 5.26. The molecule has 16 heavy (non-hydrogen) atoms. The van der Waals surface area contributed by atoms with Crippen LogP contribution in [0.4, 0.5) is 0 Å². The summed E-state index contributed by atoms with van der Waals surface area (Å²) in [5, 5.41) is 3.94. The quantitative estimate of drug-likeness (QED) is 0.592. The highest BCUT2D eigenvalue weighted by Crippen LogP contribution is 2.08. The second-order valence-electron chi connectivity index (χ2n) is 3.55. The van der Waals surface area contributed by atoms with Crippen molar-refractivity contribution in [1.29, 1.82) is 0 Å². The molecule has 0 amide bonds. The molecular weight excluding hydrogens is 252 g/mol. The first-order valence-electron chi connectivity index (χ1n) is 4.96. The molecule has 0 radical (unpaired) electrons. The highest BCUT2D eigenvalue weighted by molar-refractivity contribution is 7.94. The Labute approximate surface area is 96.1 Å². The molecule has 0 saturated carbocycles. The van der Waals surface area contributed by atoms with Crippen molar-refractivity contribution in [1.82, 2.24) is 10.0 Å². The normalized spacial score (nSPS) is 23.7. The van der Waals surface area contributed by atoms with E-state index < -0.39 is 25.9 Å². The zero-order valence-corrected chi connectivity index (χ0v) is 10.6. The molecule has 6 nitrogen and oxygen atoms in total. The maximum absolute atomic E-state index is 11.5. The summed E-state index contributed by atoms with van der Waals surface area (Å²) in [6, 6.07) is -0.628. The predicted molar refractivity (Wildman–Crippen MR) is 62.2 cm³/mol. The van der Waals surface area contributed by atoms with E-state index in [9.17, 15) is 16.8 Å². The molecule has 0 aromatic carbocycles. The van der Waals surface area contributed by atoms with Gasteiger partial charge in [-0.25, -0.2) is 21.6 Å². The molecule has 1 atom stereocenters. The summed E-state index contributed by atoms with van der Waals surface area (Å²) in [4.78, 5) is 0. The molecule has 94 valence electrons. The van der Waals surface area contributed by atoms with E-state index in [-0.39, 0.29) is 11.5 Å². The van der Waals surface area contributed by atoms with E-state index in [4.69, 9.17) is 0 Å². The lowest BCUT2D eigenvalue weighted by molar-refractivity contribution is 0.571. The molecule has 0 fully saturated rings. The minimum atomic E-state index is -3.42. The van der Waals surface area contributed by atoms with Gasteiger partial charge in [0.2, 0.25) is 10.0 Å². The average Bonchev–Trinajstić information content (AvgIpc) is 2.44. The Morgan fingerprint density at radius 1 is 1.44 bits per heavy atom. The van der Waals surface area contributed by atoms with Gasteiger partial charge in [0.1, 0.15) is 0 Å². The van der Waals surface area contributed by atoms with Crippen LogP contribution in [-0.4, -0.2) is 47.5 Å². The topological polar surface area (TPSA) is 92.3 Å². The van der Waals surface area contributed by atoms with Gasteiger partial charge >= 0.3 is 0 Å². The number of hydrogen-bond acceptors (Lipinski definition) is 5. The number of nitrogens with one attached hydrogen (secondary N) is 2. The third kappa shape index (κ3) is 4.60. The fourth-order valence-electron chi connectivity index (χ4n) is 1.32. The van der Waals surface area contributed by atoms with Crippen LogP contribution in [0.25, 0.3) is 0 Å². The first-order valence-corrected chi connectivity index (χ1v) is 8.33. The third-order valence-electron chi connectivity index (χ3n) is 2.06. The Hall–Kier alpha value is -0.440. The maximum atomic E-state index is 11.5. The summed E-state index contributed by atoms with van der Waals surface area (Å²) in [7, 11) is -6.63. The van der Waals surface area contributed by atoms with E-state index in [0.717, 1.165) is 5.41 Å². The van der Waals surface area contributed by atoms with Crippen LogP contribution in [0.1, 0.15) is 6.92 Å². The van der Waals surface area contributed by atoms with Crippen molar-refractivity contribution in [2.24, 2.45) is 0 Å². The number of sulfonamides is 1. The van der Waals surface area contributed by atoms with Crippen LogP contribution in [0.5, 0.6) is 0 Å². The Morgan fingerprint density at radius 2 is 2.12 bits per heavy atom. The fraction of sp³-hybridized carbons (Fsp3) is 0.750. The first kappa shape index (κ1) is 13.6. The Morgan fingerprint density at radius 3 is 2.62 bits per heavy atom. The van der Waals surface area contributed by atoms with E-state index in [0.29, 0.717) is 13.1 Å². The molecule has 1 aliphatic rings. The van der Waals surface area contributed by atoms with E-state index >= 15 is 0 Å². The lowest BCUT2D eigenvalue weighted by Gasteiger charge is -2.10. The summed E-state index contributed by atoms with van der Waals surface area (Å²) < 4.78 is 47.4. The van der Waals surface area contributed by atoms with Gasteiger partial charge in [-0.15, -0.1) is 0 Å². The highest BCUT2D eigenvalue weighted by atomic mass is 32.2. The summed E-state index contributed by atoms with van der Waals surface area (Å²) in [5.41, 5.74) is 0. The van der Waals surface area contributed by atoms with Crippen LogP contribution in [0.3, 0.4) is 0 Å². The van der Waals surface area contributed by atoms with Crippen molar-refractivity contribution >= 4 is 19.9 Å². The van der Waals surface area contributed by atoms with Crippen molar-refractivity contribution in [2.75, 3.05) is 24.6 Å². The van der Waals surface area contributed by atoms with Gasteiger partial charge in [0.15, 0.2) is 9.84 Å². The summed E-state index contributed by atoms with van der Waals surface area (Å²) in [5.74, 6) is -0.237. The molecule has 1 aliphatic heterocycles. The zero-order chi connectivity index (χ0) is 12.2. The molecule has 0 aliphatic carbocycles. The minimum absolute atomic E-state index is 0.0504. The van der Waals surface area contributed by atoms with Crippen LogP contribution in [0.2, 0.25) is 0 Å². The summed E-state index contributed by atoms with van der Waals surface area (Å²) in [6.45, 7) is 2.94. The van der Waals surface area contributed by atoms with Crippen molar-refractivity contribution in [3.05, 3.63) is 11.5 Å². The number of hydrogen-bond donors (Lipinski definition) is 2. The van der Waals surface area contributed by atoms with Crippen LogP contribution >= 0.6 is 0 Å². The van der Waals surface area contributed by atoms with Crippen LogP contribution in [-0.2, 0) is 19.9 Å². The minimum Gasteiger partial charge on any atom is -0.316 e. The van der Waals surface area contributed by atoms with Crippen LogP contribution in [0.15, 0.2) is 11.5 Å². The number of rotatable bonds is 6. The van der Waals surface area contributed by atoms with Gasteiger partial charge < -0.3 is 5.32 Å².